The first-order valence-corrected chi connectivity index (χ1v) is 8.21. The summed E-state index contributed by atoms with van der Waals surface area (Å²) in [5.41, 5.74) is 2.64. The molecule has 5 nitrogen and oxygen atoms in total. The highest BCUT2D eigenvalue weighted by atomic mass is 16.5. The Morgan fingerprint density at radius 2 is 1.52 bits per heavy atom. The number of hydrogen-bond donors (Lipinski definition) is 0. The van der Waals surface area contributed by atoms with E-state index >= 15 is 0 Å². The zero-order chi connectivity index (χ0) is 18.1. The quantitative estimate of drug-likeness (QED) is 0.691. The number of nitrogens with zero attached hydrogens (tertiary/aromatic N) is 1. The van der Waals surface area contributed by atoms with E-state index in [9.17, 15) is 9.59 Å². The Labute approximate surface area is 148 Å². The lowest BCUT2D eigenvalue weighted by atomic mass is 10.1. The molecule has 2 aromatic carbocycles. The minimum atomic E-state index is -0.362. The maximum Gasteiger partial charge on any atom is 0.337 e. The first-order valence-electron chi connectivity index (χ1n) is 8.21. The van der Waals surface area contributed by atoms with Crippen LogP contribution in [0.4, 0.5) is 0 Å². The first-order chi connectivity index (χ1) is 12.1. The normalized spacial score (nSPS) is 10.5. The SMILES string of the molecule is CCOC(=O)CN(Cc1ccccc1)Cc1ccc(C(=O)OC)cc1. The Kier molecular flexibility index (Phi) is 7.16. The number of benzene rings is 2. The summed E-state index contributed by atoms with van der Waals surface area (Å²) in [5, 5.41) is 0. The second-order valence-electron chi connectivity index (χ2n) is 5.62. The molecule has 0 heterocycles. The van der Waals surface area contributed by atoms with Crippen LogP contribution >= 0.6 is 0 Å². The zero-order valence-corrected chi connectivity index (χ0v) is 14.6. The highest BCUT2D eigenvalue weighted by Gasteiger charge is 2.13. The Morgan fingerprint density at radius 1 is 0.920 bits per heavy atom. The van der Waals surface area contributed by atoms with Crippen molar-refractivity contribution in [2.45, 2.75) is 20.0 Å². The molecule has 0 aliphatic carbocycles. The van der Waals surface area contributed by atoms with Crippen molar-refractivity contribution in [2.75, 3.05) is 20.3 Å². The van der Waals surface area contributed by atoms with Crippen LogP contribution in [0.5, 0.6) is 0 Å². The van der Waals surface area contributed by atoms with Crippen LogP contribution in [0.1, 0.15) is 28.4 Å². The van der Waals surface area contributed by atoms with Gasteiger partial charge in [-0.25, -0.2) is 4.79 Å². The number of carbonyl (C=O) groups is 2. The minimum absolute atomic E-state index is 0.210. The van der Waals surface area contributed by atoms with E-state index in [0.29, 0.717) is 25.3 Å². The molecule has 0 fully saturated rings. The summed E-state index contributed by atoms with van der Waals surface area (Å²) in [5.74, 6) is -0.608. The van der Waals surface area contributed by atoms with Crippen LogP contribution in [-0.2, 0) is 27.4 Å². The molecule has 0 bridgehead atoms. The van der Waals surface area contributed by atoms with Crippen LogP contribution in [0, 0.1) is 0 Å². The van der Waals surface area contributed by atoms with Crippen molar-refractivity contribution in [1.82, 2.24) is 4.90 Å². The number of ether oxygens (including phenoxy) is 2. The standard InChI is InChI=1S/C20H23NO4/c1-3-25-19(22)15-21(13-16-7-5-4-6-8-16)14-17-9-11-18(12-10-17)20(23)24-2/h4-12H,3,13-15H2,1-2H3. The topological polar surface area (TPSA) is 55.8 Å². The lowest BCUT2D eigenvalue weighted by Gasteiger charge is -2.21. The van der Waals surface area contributed by atoms with E-state index in [2.05, 4.69) is 0 Å². The molecule has 0 amide bonds. The molecule has 5 heteroatoms. The van der Waals surface area contributed by atoms with E-state index in [1.54, 1.807) is 19.1 Å². The van der Waals surface area contributed by atoms with Gasteiger partial charge in [-0.05, 0) is 30.2 Å². The van der Waals surface area contributed by atoms with E-state index in [1.807, 2.05) is 47.4 Å². The molecule has 25 heavy (non-hydrogen) atoms. The zero-order valence-electron chi connectivity index (χ0n) is 14.6. The van der Waals surface area contributed by atoms with Crippen LogP contribution < -0.4 is 0 Å². The molecule has 2 aromatic rings. The van der Waals surface area contributed by atoms with Gasteiger partial charge in [0.1, 0.15) is 0 Å². The molecule has 0 atom stereocenters. The molecular weight excluding hydrogens is 318 g/mol. The fourth-order valence-corrected chi connectivity index (χ4v) is 2.52. The maximum absolute atomic E-state index is 11.9. The fraction of sp³-hybridized carbons (Fsp3) is 0.300. The summed E-state index contributed by atoms with van der Waals surface area (Å²) in [7, 11) is 1.36. The predicted molar refractivity (Wildman–Crippen MR) is 95.0 cm³/mol. The molecule has 0 saturated carbocycles. The molecule has 0 spiro atoms. The summed E-state index contributed by atoms with van der Waals surface area (Å²) in [6.45, 7) is 3.59. The smallest absolute Gasteiger partial charge is 0.337 e. The van der Waals surface area contributed by atoms with Gasteiger partial charge in [-0.15, -0.1) is 0 Å². The van der Waals surface area contributed by atoms with Gasteiger partial charge in [0.2, 0.25) is 0 Å². The predicted octanol–water partition coefficient (Wildman–Crippen LogP) is 3.04. The van der Waals surface area contributed by atoms with Crippen LogP contribution in [-0.4, -0.2) is 37.1 Å². The monoisotopic (exact) mass is 341 g/mol. The molecular formula is C20H23NO4. The van der Waals surface area contributed by atoms with Gasteiger partial charge in [0.05, 0.1) is 25.8 Å². The molecule has 0 N–H and O–H groups in total. The van der Waals surface area contributed by atoms with E-state index < -0.39 is 0 Å². The van der Waals surface area contributed by atoms with Crippen molar-refractivity contribution in [2.24, 2.45) is 0 Å². The van der Waals surface area contributed by atoms with E-state index in [4.69, 9.17) is 9.47 Å². The number of rotatable bonds is 8. The van der Waals surface area contributed by atoms with Crippen molar-refractivity contribution >= 4 is 11.9 Å². The molecule has 0 aliphatic heterocycles. The summed E-state index contributed by atoms with van der Waals surface area (Å²) in [4.78, 5) is 25.4. The van der Waals surface area contributed by atoms with Crippen molar-refractivity contribution in [1.29, 1.82) is 0 Å². The number of methoxy groups -OCH3 is 1. The largest absolute Gasteiger partial charge is 0.465 e. The highest BCUT2D eigenvalue weighted by molar-refractivity contribution is 5.89. The number of carbonyl (C=O) groups excluding carboxylic acids is 2. The Hall–Kier alpha value is -2.66. The average Bonchev–Trinajstić information content (AvgIpc) is 2.62. The minimum Gasteiger partial charge on any atom is -0.465 e. The Morgan fingerprint density at radius 3 is 2.08 bits per heavy atom. The van der Waals surface area contributed by atoms with Crippen LogP contribution in [0.2, 0.25) is 0 Å². The number of hydrogen-bond acceptors (Lipinski definition) is 5. The Balaban J connectivity index is 2.08. The fourth-order valence-electron chi connectivity index (χ4n) is 2.52. The molecule has 0 aliphatic rings. The molecule has 0 aromatic heterocycles. The third-order valence-electron chi connectivity index (χ3n) is 3.69. The molecule has 2 rings (SSSR count). The van der Waals surface area contributed by atoms with Crippen LogP contribution in [0.25, 0.3) is 0 Å². The average molecular weight is 341 g/mol. The lowest BCUT2D eigenvalue weighted by Crippen LogP contribution is -2.30. The van der Waals surface area contributed by atoms with Crippen molar-refractivity contribution in [3.05, 3.63) is 71.3 Å². The Bertz CT molecular complexity index is 683. The van der Waals surface area contributed by atoms with Crippen molar-refractivity contribution < 1.29 is 19.1 Å². The molecule has 0 radical (unpaired) electrons. The summed E-state index contributed by atoms with van der Waals surface area (Å²) >= 11 is 0. The summed E-state index contributed by atoms with van der Waals surface area (Å²) in [6.07, 6.45) is 0. The van der Waals surface area contributed by atoms with Gasteiger partial charge < -0.3 is 9.47 Å². The van der Waals surface area contributed by atoms with Gasteiger partial charge in [0, 0.05) is 13.1 Å². The summed E-state index contributed by atoms with van der Waals surface area (Å²) in [6, 6.07) is 17.2. The third-order valence-corrected chi connectivity index (χ3v) is 3.69. The maximum atomic E-state index is 11.9. The van der Waals surface area contributed by atoms with Gasteiger partial charge in [0.25, 0.3) is 0 Å². The molecule has 0 unspecified atom stereocenters. The van der Waals surface area contributed by atoms with Crippen LogP contribution in [0.15, 0.2) is 54.6 Å². The van der Waals surface area contributed by atoms with E-state index in [1.165, 1.54) is 7.11 Å². The van der Waals surface area contributed by atoms with Gasteiger partial charge in [-0.2, -0.15) is 0 Å². The lowest BCUT2D eigenvalue weighted by molar-refractivity contribution is -0.144. The molecule has 132 valence electrons. The number of esters is 2. The van der Waals surface area contributed by atoms with Crippen molar-refractivity contribution in [3.8, 4) is 0 Å². The molecule has 0 saturated heterocycles. The van der Waals surface area contributed by atoms with Crippen LogP contribution in [0.3, 0.4) is 0 Å². The highest BCUT2D eigenvalue weighted by Crippen LogP contribution is 2.12. The third kappa shape index (κ3) is 6.04. The van der Waals surface area contributed by atoms with E-state index in [-0.39, 0.29) is 18.5 Å². The van der Waals surface area contributed by atoms with Gasteiger partial charge in [-0.1, -0.05) is 42.5 Å². The van der Waals surface area contributed by atoms with E-state index in [0.717, 1.165) is 11.1 Å². The second kappa shape index (κ2) is 9.59. The van der Waals surface area contributed by atoms with Crippen molar-refractivity contribution in [3.63, 3.8) is 0 Å². The van der Waals surface area contributed by atoms with Gasteiger partial charge >= 0.3 is 11.9 Å². The second-order valence-corrected chi connectivity index (χ2v) is 5.62. The van der Waals surface area contributed by atoms with Gasteiger partial charge in [0.15, 0.2) is 0 Å². The first kappa shape index (κ1) is 18.7. The summed E-state index contributed by atoms with van der Waals surface area (Å²) < 4.78 is 9.78. The van der Waals surface area contributed by atoms with Gasteiger partial charge in [-0.3, -0.25) is 9.69 Å².